The van der Waals surface area contributed by atoms with Gasteiger partial charge in [-0.05, 0) is 35.7 Å². The Balaban J connectivity index is 1.39. The van der Waals surface area contributed by atoms with Crippen LogP contribution in [0.1, 0.15) is 16.2 Å². The smallest absolute Gasteiger partial charge is 0.338 e. The van der Waals surface area contributed by atoms with Gasteiger partial charge in [0.25, 0.3) is 5.89 Å². The van der Waals surface area contributed by atoms with Crippen LogP contribution >= 0.6 is 11.3 Å². The van der Waals surface area contributed by atoms with Crippen molar-refractivity contribution in [1.29, 1.82) is 0 Å². The van der Waals surface area contributed by atoms with E-state index in [1.807, 2.05) is 17.5 Å². The fourth-order valence-corrected chi connectivity index (χ4v) is 2.77. The molecule has 124 valence electrons. The molecule has 0 saturated carbocycles. The molecule has 0 aliphatic rings. The SMILES string of the molecule is O=C(OCc1nc(-c2cccs2)no1)c1ccc(-n2cncn2)cc1. The van der Waals surface area contributed by atoms with Crippen LogP contribution in [-0.2, 0) is 11.3 Å². The summed E-state index contributed by atoms with van der Waals surface area (Å²) in [6.45, 7) is -0.0813. The highest BCUT2D eigenvalue weighted by molar-refractivity contribution is 7.13. The van der Waals surface area contributed by atoms with Crippen molar-refractivity contribution in [2.24, 2.45) is 0 Å². The van der Waals surface area contributed by atoms with Crippen molar-refractivity contribution in [1.82, 2.24) is 24.9 Å². The van der Waals surface area contributed by atoms with Crippen LogP contribution < -0.4 is 0 Å². The fraction of sp³-hybridized carbons (Fsp3) is 0.0625. The Morgan fingerprint density at radius 3 is 2.84 bits per heavy atom. The highest BCUT2D eigenvalue weighted by Gasteiger charge is 2.13. The summed E-state index contributed by atoms with van der Waals surface area (Å²) in [6.07, 6.45) is 3.02. The van der Waals surface area contributed by atoms with Gasteiger partial charge >= 0.3 is 5.97 Å². The number of esters is 1. The molecule has 3 heterocycles. The van der Waals surface area contributed by atoms with E-state index < -0.39 is 5.97 Å². The first-order valence-corrected chi connectivity index (χ1v) is 8.16. The van der Waals surface area contributed by atoms with Crippen LogP contribution in [0.4, 0.5) is 0 Å². The van der Waals surface area contributed by atoms with Gasteiger partial charge in [-0.15, -0.1) is 11.3 Å². The third-order valence-electron chi connectivity index (χ3n) is 3.32. The minimum Gasteiger partial charge on any atom is -0.452 e. The highest BCUT2D eigenvalue weighted by atomic mass is 32.1. The van der Waals surface area contributed by atoms with Gasteiger partial charge in [-0.3, -0.25) is 0 Å². The second-order valence-corrected chi connectivity index (χ2v) is 5.90. The van der Waals surface area contributed by atoms with E-state index in [1.165, 1.54) is 17.7 Å². The number of benzene rings is 1. The van der Waals surface area contributed by atoms with E-state index in [-0.39, 0.29) is 12.5 Å². The third-order valence-corrected chi connectivity index (χ3v) is 4.19. The van der Waals surface area contributed by atoms with Gasteiger partial charge in [-0.2, -0.15) is 10.1 Å². The molecule has 9 heteroatoms. The molecule has 0 aliphatic heterocycles. The number of hydrogen-bond acceptors (Lipinski definition) is 8. The Morgan fingerprint density at radius 1 is 1.24 bits per heavy atom. The Hall–Kier alpha value is -3.33. The summed E-state index contributed by atoms with van der Waals surface area (Å²) in [5.74, 6) is 0.259. The van der Waals surface area contributed by atoms with E-state index in [9.17, 15) is 4.79 Å². The van der Waals surface area contributed by atoms with E-state index in [4.69, 9.17) is 9.26 Å². The topological polar surface area (TPSA) is 95.9 Å². The highest BCUT2D eigenvalue weighted by Crippen LogP contribution is 2.21. The molecule has 0 radical (unpaired) electrons. The molecule has 0 amide bonds. The molecule has 0 N–H and O–H groups in total. The molecular weight excluding hydrogens is 342 g/mol. The van der Waals surface area contributed by atoms with Crippen molar-refractivity contribution in [2.75, 3.05) is 0 Å². The molecule has 0 atom stereocenters. The Morgan fingerprint density at radius 2 is 2.12 bits per heavy atom. The zero-order valence-corrected chi connectivity index (χ0v) is 13.6. The van der Waals surface area contributed by atoms with Crippen LogP contribution in [0.25, 0.3) is 16.4 Å². The summed E-state index contributed by atoms with van der Waals surface area (Å²) >= 11 is 1.51. The lowest BCUT2D eigenvalue weighted by Crippen LogP contribution is -2.06. The zero-order chi connectivity index (χ0) is 17.1. The van der Waals surface area contributed by atoms with E-state index >= 15 is 0 Å². The summed E-state index contributed by atoms with van der Waals surface area (Å²) in [5.41, 5.74) is 1.22. The zero-order valence-electron chi connectivity index (χ0n) is 12.8. The van der Waals surface area contributed by atoms with Crippen LogP contribution in [0.15, 0.2) is 59.0 Å². The van der Waals surface area contributed by atoms with Gasteiger partial charge in [0.05, 0.1) is 16.1 Å². The molecule has 4 rings (SSSR count). The molecule has 0 fully saturated rings. The standard InChI is InChI=1S/C16H11N5O3S/c22-16(11-3-5-12(6-4-11)21-10-17-9-18-21)23-8-14-19-15(20-24-14)13-2-1-7-25-13/h1-7,9-10H,8H2. The molecule has 0 bridgehead atoms. The fourth-order valence-electron chi connectivity index (χ4n) is 2.12. The summed E-state index contributed by atoms with van der Waals surface area (Å²) in [4.78, 5) is 21.1. The maximum absolute atomic E-state index is 12.1. The first-order chi connectivity index (χ1) is 12.3. The van der Waals surface area contributed by atoms with Crippen molar-refractivity contribution in [3.8, 4) is 16.4 Å². The number of carbonyl (C=O) groups excluding carboxylic acids is 1. The number of carbonyl (C=O) groups is 1. The molecule has 8 nitrogen and oxygen atoms in total. The number of hydrogen-bond donors (Lipinski definition) is 0. The van der Waals surface area contributed by atoms with Crippen LogP contribution in [0, 0.1) is 0 Å². The number of ether oxygens (including phenoxy) is 1. The Labute approximate surface area is 145 Å². The van der Waals surface area contributed by atoms with Crippen molar-refractivity contribution in [3.05, 3.63) is 65.9 Å². The lowest BCUT2D eigenvalue weighted by molar-refractivity contribution is 0.0430. The summed E-state index contributed by atoms with van der Waals surface area (Å²) in [6, 6.07) is 10.6. The number of rotatable bonds is 5. The second kappa shape index (κ2) is 6.65. The van der Waals surface area contributed by atoms with Crippen molar-refractivity contribution < 1.29 is 14.1 Å². The third kappa shape index (κ3) is 3.31. The second-order valence-electron chi connectivity index (χ2n) is 4.95. The first-order valence-electron chi connectivity index (χ1n) is 7.28. The van der Waals surface area contributed by atoms with Crippen LogP contribution in [0.2, 0.25) is 0 Å². The van der Waals surface area contributed by atoms with Gasteiger partial charge < -0.3 is 9.26 Å². The molecule has 0 aliphatic carbocycles. The first kappa shape index (κ1) is 15.2. The van der Waals surface area contributed by atoms with Gasteiger partial charge in [-0.1, -0.05) is 11.2 Å². The quantitative estimate of drug-likeness (QED) is 0.509. The number of nitrogens with zero attached hydrogens (tertiary/aromatic N) is 5. The molecule has 3 aromatic heterocycles. The minimum atomic E-state index is -0.471. The predicted molar refractivity (Wildman–Crippen MR) is 88.1 cm³/mol. The van der Waals surface area contributed by atoms with Crippen molar-refractivity contribution in [2.45, 2.75) is 6.61 Å². The molecule has 25 heavy (non-hydrogen) atoms. The largest absolute Gasteiger partial charge is 0.452 e. The summed E-state index contributed by atoms with van der Waals surface area (Å²) < 4.78 is 11.9. The molecule has 1 aromatic carbocycles. The molecule has 4 aromatic rings. The number of aromatic nitrogens is 5. The van der Waals surface area contributed by atoms with Gasteiger partial charge in [0, 0.05) is 0 Å². The minimum absolute atomic E-state index is 0.0813. The lowest BCUT2D eigenvalue weighted by atomic mass is 10.2. The molecule has 0 saturated heterocycles. The van der Waals surface area contributed by atoms with Crippen LogP contribution in [0.3, 0.4) is 0 Å². The maximum atomic E-state index is 12.1. The summed E-state index contributed by atoms with van der Waals surface area (Å²) in [5, 5.41) is 9.81. The summed E-state index contributed by atoms with van der Waals surface area (Å²) in [7, 11) is 0. The van der Waals surface area contributed by atoms with Crippen LogP contribution in [0.5, 0.6) is 0 Å². The molecule has 0 unspecified atom stereocenters. The van der Waals surface area contributed by atoms with Crippen molar-refractivity contribution in [3.63, 3.8) is 0 Å². The normalized spacial score (nSPS) is 10.7. The Bertz CT molecular complexity index is 962. The van der Waals surface area contributed by atoms with E-state index in [1.54, 1.807) is 35.3 Å². The Kier molecular flexibility index (Phi) is 4.05. The van der Waals surface area contributed by atoms with E-state index in [0.29, 0.717) is 11.4 Å². The average Bonchev–Trinajstić information content (AvgIpc) is 3.42. The van der Waals surface area contributed by atoms with Gasteiger partial charge in [0.2, 0.25) is 5.82 Å². The van der Waals surface area contributed by atoms with Gasteiger partial charge in [0.1, 0.15) is 12.7 Å². The van der Waals surface area contributed by atoms with Gasteiger partial charge in [0.15, 0.2) is 6.61 Å². The predicted octanol–water partition coefficient (Wildman–Crippen LogP) is 2.74. The van der Waals surface area contributed by atoms with Crippen molar-refractivity contribution >= 4 is 17.3 Å². The number of thiophene rings is 1. The van der Waals surface area contributed by atoms with Gasteiger partial charge in [-0.25, -0.2) is 14.5 Å². The monoisotopic (exact) mass is 353 g/mol. The van der Waals surface area contributed by atoms with E-state index in [0.717, 1.165) is 10.6 Å². The maximum Gasteiger partial charge on any atom is 0.338 e. The van der Waals surface area contributed by atoms with Crippen LogP contribution in [-0.4, -0.2) is 30.9 Å². The average molecular weight is 353 g/mol. The lowest BCUT2D eigenvalue weighted by Gasteiger charge is -2.04. The molecular formula is C16H11N5O3S. The van der Waals surface area contributed by atoms with E-state index in [2.05, 4.69) is 20.2 Å². The molecule has 0 spiro atoms.